The van der Waals surface area contributed by atoms with E-state index in [1.54, 1.807) is 14.2 Å². The third-order valence-corrected chi connectivity index (χ3v) is 7.69. The number of methoxy groups -OCH3 is 2. The van der Waals surface area contributed by atoms with Crippen molar-refractivity contribution in [1.82, 2.24) is 15.2 Å². The molecule has 0 atom stereocenters. The van der Waals surface area contributed by atoms with Crippen LogP contribution in [-0.4, -0.2) is 55.5 Å². The largest absolute Gasteiger partial charge is 0.493 e. The molecule has 0 aliphatic carbocycles. The van der Waals surface area contributed by atoms with Gasteiger partial charge in [0.05, 0.1) is 26.3 Å². The lowest BCUT2D eigenvalue weighted by molar-refractivity contribution is 0.172. The lowest BCUT2D eigenvalue weighted by atomic mass is 10.1. The summed E-state index contributed by atoms with van der Waals surface area (Å²) in [6, 6.07) is 19.9. The molecule has 214 valence electrons. The normalized spacial score (nSPS) is 12.2. The van der Waals surface area contributed by atoms with Gasteiger partial charge in [0.25, 0.3) is 5.56 Å². The molecule has 0 amide bonds. The van der Waals surface area contributed by atoms with Gasteiger partial charge in [0.1, 0.15) is 13.2 Å². The van der Waals surface area contributed by atoms with Crippen molar-refractivity contribution in [2.24, 2.45) is 0 Å². The molecule has 0 spiro atoms. The number of aromatic nitrogens is 1. The Balaban J connectivity index is 1.33. The maximum Gasteiger partial charge on any atom is 0.253 e. The smallest absolute Gasteiger partial charge is 0.253 e. The molecule has 2 N–H and O–H groups in total. The number of hydrogen-bond acceptors (Lipinski definition) is 6. The highest BCUT2D eigenvalue weighted by Gasteiger charge is 2.17. The quantitative estimate of drug-likeness (QED) is 0.262. The molecule has 8 nitrogen and oxygen atoms in total. The number of hydrogen-bond donors (Lipinski definition) is 2. The van der Waals surface area contributed by atoms with Crippen LogP contribution in [0.15, 0.2) is 65.5 Å². The van der Waals surface area contributed by atoms with E-state index in [4.69, 9.17) is 31.2 Å². The van der Waals surface area contributed by atoms with Gasteiger partial charge in [0.15, 0.2) is 28.1 Å². The zero-order chi connectivity index (χ0) is 28.8. The second-order valence-corrected chi connectivity index (χ2v) is 10.4. The third-order valence-electron chi connectivity index (χ3n) is 7.28. The van der Waals surface area contributed by atoms with Crippen LogP contribution in [-0.2, 0) is 19.4 Å². The van der Waals surface area contributed by atoms with Crippen molar-refractivity contribution < 1.29 is 18.9 Å². The standard InChI is InChI=1S/C32H35N3O5S/c1-21-6-4-5-7-23(21)11-13-35(32(41)33-12-10-22-8-9-27(37-2)28(16-22)38-3)20-25-17-24-18-29-30(40-15-14-39-29)19-26(24)34-31(25)36/h4-9,16-19H,10-15,20H2,1-3H3,(H,33,41)(H,34,36). The zero-order valence-electron chi connectivity index (χ0n) is 23.6. The summed E-state index contributed by atoms with van der Waals surface area (Å²) < 4.78 is 22.2. The van der Waals surface area contributed by atoms with E-state index in [2.05, 4.69) is 34.3 Å². The minimum absolute atomic E-state index is 0.150. The topological polar surface area (TPSA) is 85.1 Å². The SMILES string of the molecule is COc1ccc(CCNC(=S)N(CCc2ccccc2C)Cc2cc3cc4c(cc3[nH]c2=O)OCCO4)cc1OC. The second kappa shape index (κ2) is 13.0. The van der Waals surface area contributed by atoms with E-state index in [1.165, 1.54) is 11.1 Å². The van der Waals surface area contributed by atoms with Crippen molar-refractivity contribution in [3.63, 3.8) is 0 Å². The Labute approximate surface area is 245 Å². The number of rotatable bonds is 10. The van der Waals surface area contributed by atoms with Crippen LogP contribution in [0.5, 0.6) is 23.0 Å². The summed E-state index contributed by atoms with van der Waals surface area (Å²) in [5, 5.41) is 4.88. The van der Waals surface area contributed by atoms with E-state index in [-0.39, 0.29) is 5.56 Å². The fourth-order valence-electron chi connectivity index (χ4n) is 4.97. The summed E-state index contributed by atoms with van der Waals surface area (Å²) in [5.41, 5.74) is 4.78. The second-order valence-electron chi connectivity index (χ2n) is 9.98. The van der Waals surface area contributed by atoms with Gasteiger partial charge >= 0.3 is 0 Å². The number of fused-ring (bicyclic) bond motifs is 2. The van der Waals surface area contributed by atoms with Gasteiger partial charge in [-0.05, 0) is 72.9 Å². The highest BCUT2D eigenvalue weighted by Crippen LogP contribution is 2.33. The van der Waals surface area contributed by atoms with Crippen LogP contribution >= 0.6 is 12.2 Å². The number of thiocarbonyl (C=S) groups is 1. The number of aryl methyl sites for hydroxylation is 1. The van der Waals surface area contributed by atoms with E-state index in [9.17, 15) is 4.79 Å². The number of benzene rings is 3. The number of ether oxygens (including phenoxy) is 4. The molecule has 0 saturated heterocycles. The van der Waals surface area contributed by atoms with Gasteiger partial charge < -0.3 is 34.1 Å². The average Bonchev–Trinajstić information content (AvgIpc) is 2.99. The van der Waals surface area contributed by atoms with Gasteiger partial charge in [0, 0.05) is 30.1 Å². The van der Waals surface area contributed by atoms with Crippen molar-refractivity contribution in [3.8, 4) is 23.0 Å². The van der Waals surface area contributed by atoms with Crippen molar-refractivity contribution in [2.45, 2.75) is 26.3 Å². The molecule has 5 rings (SSSR count). The molecule has 4 aromatic rings. The van der Waals surface area contributed by atoms with E-state index in [0.29, 0.717) is 72.0 Å². The summed E-state index contributed by atoms with van der Waals surface area (Å²) in [7, 11) is 3.25. The first kappa shape index (κ1) is 28.3. The number of aromatic amines is 1. The molecular formula is C32H35N3O5S. The molecule has 9 heteroatoms. The molecule has 1 aromatic heterocycles. The van der Waals surface area contributed by atoms with E-state index in [0.717, 1.165) is 23.8 Å². The summed E-state index contributed by atoms with van der Waals surface area (Å²) >= 11 is 5.87. The van der Waals surface area contributed by atoms with Gasteiger partial charge in [-0.25, -0.2) is 0 Å². The summed E-state index contributed by atoms with van der Waals surface area (Å²) in [4.78, 5) is 18.2. The van der Waals surface area contributed by atoms with Crippen molar-refractivity contribution >= 4 is 28.2 Å². The van der Waals surface area contributed by atoms with E-state index < -0.39 is 0 Å². The third kappa shape index (κ3) is 6.74. The highest BCUT2D eigenvalue weighted by atomic mass is 32.1. The fourth-order valence-corrected chi connectivity index (χ4v) is 5.23. The molecule has 0 saturated carbocycles. The first-order valence-corrected chi connectivity index (χ1v) is 14.1. The molecule has 41 heavy (non-hydrogen) atoms. The zero-order valence-corrected chi connectivity index (χ0v) is 24.4. The molecule has 0 radical (unpaired) electrons. The average molecular weight is 574 g/mol. The molecule has 1 aliphatic rings. The van der Waals surface area contributed by atoms with Crippen LogP contribution < -0.4 is 29.8 Å². The molecule has 0 fully saturated rings. The maximum atomic E-state index is 13.2. The predicted octanol–water partition coefficient (Wildman–Crippen LogP) is 4.79. The van der Waals surface area contributed by atoms with E-state index in [1.807, 2.05) is 48.5 Å². The molecule has 1 aliphatic heterocycles. The molecule has 0 bridgehead atoms. The molecule has 2 heterocycles. The Hall–Kier alpha value is -4.24. The molecule has 3 aromatic carbocycles. The van der Waals surface area contributed by atoms with Crippen molar-refractivity contribution in [2.75, 3.05) is 40.5 Å². The number of H-pyrrole nitrogens is 1. The number of nitrogens with one attached hydrogen (secondary N) is 2. The Bertz CT molecular complexity index is 1600. The predicted molar refractivity (Wildman–Crippen MR) is 165 cm³/mol. The van der Waals surface area contributed by atoms with Crippen LogP contribution in [0.25, 0.3) is 10.9 Å². The van der Waals surface area contributed by atoms with Crippen LogP contribution in [0.1, 0.15) is 22.3 Å². The van der Waals surface area contributed by atoms with Gasteiger partial charge in [-0.1, -0.05) is 30.3 Å². The van der Waals surface area contributed by atoms with Gasteiger partial charge in [-0.2, -0.15) is 0 Å². The summed E-state index contributed by atoms with van der Waals surface area (Å²) in [6.07, 6.45) is 1.55. The Kier molecular flexibility index (Phi) is 8.94. The first-order valence-electron chi connectivity index (χ1n) is 13.7. The van der Waals surface area contributed by atoms with E-state index >= 15 is 0 Å². The molecular weight excluding hydrogens is 538 g/mol. The Morgan fingerprint density at radius 2 is 1.71 bits per heavy atom. The minimum Gasteiger partial charge on any atom is -0.493 e. The summed E-state index contributed by atoms with van der Waals surface area (Å²) in [5.74, 6) is 2.72. The monoisotopic (exact) mass is 573 g/mol. The minimum atomic E-state index is -0.150. The highest BCUT2D eigenvalue weighted by molar-refractivity contribution is 7.80. The number of pyridine rings is 1. The van der Waals surface area contributed by atoms with Crippen molar-refractivity contribution in [1.29, 1.82) is 0 Å². The van der Waals surface area contributed by atoms with Crippen LogP contribution in [0, 0.1) is 6.92 Å². The van der Waals surface area contributed by atoms with Crippen molar-refractivity contribution in [3.05, 3.63) is 93.3 Å². The maximum absolute atomic E-state index is 13.2. The Morgan fingerprint density at radius 1 is 0.951 bits per heavy atom. The number of nitrogens with zero attached hydrogens (tertiary/aromatic N) is 1. The van der Waals surface area contributed by atoms with Crippen LogP contribution in [0.4, 0.5) is 0 Å². The lowest BCUT2D eigenvalue weighted by Gasteiger charge is -2.26. The first-order chi connectivity index (χ1) is 19.9. The lowest BCUT2D eigenvalue weighted by Crippen LogP contribution is -2.42. The van der Waals surface area contributed by atoms with Crippen LogP contribution in [0.3, 0.4) is 0 Å². The molecule has 0 unspecified atom stereocenters. The Morgan fingerprint density at radius 3 is 2.46 bits per heavy atom. The van der Waals surface area contributed by atoms with Gasteiger partial charge in [-0.15, -0.1) is 0 Å². The fraction of sp³-hybridized carbons (Fsp3) is 0.312. The summed E-state index contributed by atoms with van der Waals surface area (Å²) in [6.45, 7) is 4.77. The van der Waals surface area contributed by atoms with Crippen LogP contribution in [0.2, 0.25) is 0 Å². The van der Waals surface area contributed by atoms with Gasteiger partial charge in [-0.3, -0.25) is 4.79 Å². The van der Waals surface area contributed by atoms with Gasteiger partial charge in [0.2, 0.25) is 0 Å².